The lowest BCUT2D eigenvalue weighted by Crippen LogP contribution is -1.95. The van der Waals surface area contributed by atoms with Crippen molar-refractivity contribution >= 4 is 43.7 Å². The van der Waals surface area contributed by atoms with Gasteiger partial charge in [0.1, 0.15) is 11.2 Å². The Labute approximate surface area is 184 Å². The minimum atomic E-state index is 0.920. The number of hydrogen-bond donors (Lipinski definition) is 0. The third-order valence-corrected chi connectivity index (χ3v) is 6.40. The highest BCUT2D eigenvalue weighted by atomic mass is 16.3. The van der Waals surface area contributed by atoms with Gasteiger partial charge in [0.05, 0.1) is 11.0 Å². The minimum Gasteiger partial charge on any atom is -0.456 e. The van der Waals surface area contributed by atoms with Crippen molar-refractivity contribution in [2.45, 2.75) is 0 Å². The van der Waals surface area contributed by atoms with Crippen LogP contribution in [-0.2, 0) is 0 Å². The maximum absolute atomic E-state index is 6.19. The SMILES string of the molecule is c1ccc(-n2c3ccccc3c3cccc(-c4cccc5oc6ccccc6c45)c32)cc1. The van der Waals surface area contributed by atoms with Crippen LogP contribution in [0.5, 0.6) is 0 Å². The van der Waals surface area contributed by atoms with Crippen molar-refractivity contribution in [3.63, 3.8) is 0 Å². The third-order valence-electron chi connectivity index (χ3n) is 6.40. The van der Waals surface area contributed by atoms with Gasteiger partial charge in [-0.25, -0.2) is 0 Å². The Balaban J connectivity index is 1.69. The quantitative estimate of drug-likeness (QED) is 0.280. The van der Waals surface area contributed by atoms with Gasteiger partial charge in [-0.2, -0.15) is 0 Å². The summed E-state index contributed by atoms with van der Waals surface area (Å²) >= 11 is 0. The van der Waals surface area contributed by atoms with E-state index in [4.69, 9.17) is 4.42 Å². The zero-order valence-corrected chi connectivity index (χ0v) is 17.3. The average Bonchev–Trinajstić information content (AvgIpc) is 3.40. The number of furan rings is 1. The lowest BCUT2D eigenvalue weighted by atomic mass is 9.97. The van der Waals surface area contributed by atoms with Crippen molar-refractivity contribution in [3.05, 3.63) is 115 Å². The molecule has 0 atom stereocenters. The van der Waals surface area contributed by atoms with Crippen LogP contribution in [-0.4, -0.2) is 4.57 Å². The molecule has 7 aromatic rings. The molecule has 2 aromatic heterocycles. The Kier molecular flexibility index (Phi) is 3.58. The molecule has 2 nitrogen and oxygen atoms in total. The summed E-state index contributed by atoms with van der Waals surface area (Å²) in [6, 6.07) is 40.6. The van der Waals surface area contributed by atoms with Crippen molar-refractivity contribution in [1.29, 1.82) is 0 Å². The molecule has 0 saturated heterocycles. The summed E-state index contributed by atoms with van der Waals surface area (Å²) in [6.45, 7) is 0. The molecule has 5 aromatic carbocycles. The van der Waals surface area contributed by atoms with E-state index in [1.807, 2.05) is 12.1 Å². The first-order valence-corrected chi connectivity index (χ1v) is 10.9. The normalized spacial score (nSPS) is 11.8. The first-order valence-electron chi connectivity index (χ1n) is 10.9. The van der Waals surface area contributed by atoms with E-state index in [0.717, 1.165) is 22.2 Å². The number of hydrogen-bond acceptors (Lipinski definition) is 1. The van der Waals surface area contributed by atoms with E-state index in [9.17, 15) is 0 Å². The molecule has 0 amide bonds. The summed E-state index contributed by atoms with van der Waals surface area (Å²) in [6.07, 6.45) is 0. The van der Waals surface area contributed by atoms with Gasteiger partial charge in [0, 0.05) is 32.8 Å². The molecule has 0 bridgehead atoms. The molecule has 32 heavy (non-hydrogen) atoms. The van der Waals surface area contributed by atoms with Crippen molar-refractivity contribution < 1.29 is 4.42 Å². The Hall–Kier alpha value is -4.30. The van der Waals surface area contributed by atoms with Crippen LogP contribution in [0.3, 0.4) is 0 Å². The number of benzene rings is 5. The van der Waals surface area contributed by atoms with Gasteiger partial charge in [-0.05, 0) is 35.9 Å². The molecule has 0 fully saturated rings. The number of fused-ring (bicyclic) bond motifs is 6. The van der Waals surface area contributed by atoms with Gasteiger partial charge in [-0.15, -0.1) is 0 Å². The third kappa shape index (κ3) is 2.35. The monoisotopic (exact) mass is 409 g/mol. The topological polar surface area (TPSA) is 18.1 Å². The molecular formula is C30H19NO. The molecule has 0 aliphatic rings. The number of rotatable bonds is 2. The van der Waals surface area contributed by atoms with Gasteiger partial charge in [-0.1, -0.05) is 84.9 Å². The van der Waals surface area contributed by atoms with Gasteiger partial charge in [0.25, 0.3) is 0 Å². The Morgan fingerprint density at radius 3 is 2.03 bits per heavy atom. The summed E-state index contributed by atoms with van der Waals surface area (Å²) in [5.74, 6) is 0. The first kappa shape index (κ1) is 17.4. The maximum atomic E-state index is 6.19. The lowest BCUT2D eigenvalue weighted by Gasteiger charge is -2.12. The van der Waals surface area contributed by atoms with Crippen molar-refractivity contribution in [3.8, 4) is 16.8 Å². The zero-order chi connectivity index (χ0) is 21.1. The van der Waals surface area contributed by atoms with E-state index < -0.39 is 0 Å². The Morgan fingerprint density at radius 1 is 0.469 bits per heavy atom. The van der Waals surface area contributed by atoms with Crippen LogP contribution >= 0.6 is 0 Å². The Bertz CT molecular complexity index is 1770. The summed E-state index contributed by atoms with van der Waals surface area (Å²) < 4.78 is 8.58. The highest BCUT2D eigenvalue weighted by molar-refractivity contribution is 6.19. The molecule has 0 unspecified atom stereocenters. The molecule has 0 spiro atoms. The van der Waals surface area contributed by atoms with E-state index in [2.05, 4.69) is 108 Å². The Morgan fingerprint density at radius 2 is 1.12 bits per heavy atom. The molecule has 150 valence electrons. The molecule has 0 aliphatic carbocycles. The van der Waals surface area contributed by atoms with Gasteiger partial charge in [0.15, 0.2) is 0 Å². The van der Waals surface area contributed by atoms with Crippen LogP contribution in [0.15, 0.2) is 120 Å². The second-order valence-electron chi connectivity index (χ2n) is 8.17. The van der Waals surface area contributed by atoms with E-state index in [1.54, 1.807) is 0 Å². The second-order valence-corrected chi connectivity index (χ2v) is 8.17. The predicted molar refractivity (Wildman–Crippen MR) is 133 cm³/mol. The van der Waals surface area contributed by atoms with Crippen molar-refractivity contribution in [1.82, 2.24) is 4.57 Å². The minimum absolute atomic E-state index is 0.920. The van der Waals surface area contributed by atoms with Crippen LogP contribution in [0, 0.1) is 0 Å². The van der Waals surface area contributed by atoms with E-state index in [1.165, 1.54) is 38.3 Å². The summed E-state index contributed by atoms with van der Waals surface area (Å²) in [7, 11) is 0. The smallest absolute Gasteiger partial charge is 0.136 e. The fraction of sp³-hybridized carbons (Fsp3) is 0. The first-order chi connectivity index (χ1) is 15.9. The molecule has 2 heteroatoms. The number of para-hydroxylation sites is 4. The molecule has 0 aliphatic heterocycles. The molecular weight excluding hydrogens is 390 g/mol. The van der Waals surface area contributed by atoms with Crippen LogP contribution in [0.2, 0.25) is 0 Å². The van der Waals surface area contributed by atoms with E-state index >= 15 is 0 Å². The van der Waals surface area contributed by atoms with Gasteiger partial charge >= 0.3 is 0 Å². The molecule has 0 saturated carbocycles. The second kappa shape index (κ2) is 6.60. The lowest BCUT2D eigenvalue weighted by molar-refractivity contribution is 0.669. The van der Waals surface area contributed by atoms with E-state index in [-0.39, 0.29) is 0 Å². The summed E-state index contributed by atoms with van der Waals surface area (Å²) in [5, 5.41) is 4.84. The van der Waals surface area contributed by atoms with Crippen LogP contribution < -0.4 is 0 Å². The molecule has 2 heterocycles. The van der Waals surface area contributed by atoms with Crippen LogP contribution in [0.1, 0.15) is 0 Å². The van der Waals surface area contributed by atoms with Gasteiger partial charge in [0.2, 0.25) is 0 Å². The maximum Gasteiger partial charge on any atom is 0.136 e. The largest absolute Gasteiger partial charge is 0.456 e. The number of nitrogens with zero attached hydrogens (tertiary/aromatic N) is 1. The van der Waals surface area contributed by atoms with Crippen LogP contribution in [0.25, 0.3) is 60.6 Å². The summed E-state index contributed by atoms with van der Waals surface area (Å²) in [4.78, 5) is 0. The fourth-order valence-electron chi connectivity index (χ4n) is 5.08. The van der Waals surface area contributed by atoms with Crippen molar-refractivity contribution in [2.75, 3.05) is 0 Å². The van der Waals surface area contributed by atoms with Crippen LogP contribution in [0.4, 0.5) is 0 Å². The highest BCUT2D eigenvalue weighted by Crippen LogP contribution is 2.42. The molecule has 0 N–H and O–H groups in total. The zero-order valence-electron chi connectivity index (χ0n) is 17.3. The molecule has 7 rings (SSSR count). The number of aromatic nitrogens is 1. The average molecular weight is 409 g/mol. The fourth-order valence-corrected chi connectivity index (χ4v) is 5.08. The van der Waals surface area contributed by atoms with Gasteiger partial charge < -0.3 is 8.98 Å². The highest BCUT2D eigenvalue weighted by Gasteiger charge is 2.19. The standard InChI is InChI=1S/C30H19NO/c1-2-10-20(11-3-1)31-26-17-6-4-12-21(26)23-15-8-16-24(30(23)31)22-14-9-19-28-29(22)25-13-5-7-18-27(25)32-28/h1-19H. The van der Waals surface area contributed by atoms with E-state index in [0.29, 0.717) is 0 Å². The summed E-state index contributed by atoms with van der Waals surface area (Å²) in [5.41, 5.74) is 7.84. The van der Waals surface area contributed by atoms with Crippen molar-refractivity contribution in [2.24, 2.45) is 0 Å². The van der Waals surface area contributed by atoms with Gasteiger partial charge in [-0.3, -0.25) is 0 Å². The predicted octanol–water partition coefficient (Wildman–Crippen LogP) is 8.35. The molecule has 0 radical (unpaired) electrons.